The van der Waals surface area contributed by atoms with Crippen LogP contribution in [0.15, 0.2) is 17.9 Å². The Morgan fingerprint density at radius 1 is 1.36 bits per heavy atom. The van der Waals surface area contributed by atoms with Crippen LogP contribution in [0.25, 0.3) is 0 Å². The zero-order chi connectivity index (χ0) is 7.68. The summed E-state index contributed by atoms with van der Waals surface area (Å²) < 4.78 is 10.1. The predicted molar refractivity (Wildman–Crippen MR) is 40.1 cm³/mol. The van der Waals surface area contributed by atoms with Crippen LogP contribution in [0.1, 0.15) is 9.67 Å². The molecule has 0 saturated carbocycles. The molecule has 2 heterocycles. The van der Waals surface area contributed by atoms with Crippen LogP contribution in [0.4, 0.5) is 0 Å². The van der Waals surface area contributed by atoms with E-state index in [0.29, 0.717) is 16.4 Å². The number of carbonyl (C=O) groups is 1. The van der Waals surface area contributed by atoms with E-state index in [1.54, 1.807) is 5.38 Å². The number of thiophene rings is 1. The monoisotopic (exact) mass is 168 g/mol. The Labute approximate surface area is 66.9 Å². The van der Waals surface area contributed by atoms with Crippen molar-refractivity contribution in [1.29, 1.82) is 0 Å². The molecule has 0 fully saturated rings. The Morgan fingerprint density at radius 2 is 2.18 bits per heavy atom. The van der Waals surface area contributed by atoms with Crippen molar-refractivity contribution in [1.82, 2.24) is 0 Å². The Kier molecular flexibility index (Phi) is 1.40. The second-order valence-electron chi connectivity index (χ2n) is 1.92. The Hall–Kier alpha value is -1.29. The molecule has 0 radical (unpaired) electrons. The molecule has 0 saturated heterocycles. The highest BCUT2D eigenvalue weighted by Crippen LogP contribution is 2.38. The maximum atomic E-state index is 10.4. The van der Waals surface area contributed by atoms with Gasteiger partial charge in [-0.2, -0.15) is 0 Å². The van der Waals surface area contributed by atoms with E-state index >= 15 is 0 Å². The summed E-state index contributed by atoms with van der Waals surface area (Å²) in [4.78, 5) is 10.9. The first-order valence-electron chi connectivity index (χ1n) is 2.97. The smallest absolute Gasteiger partial charge is 0.190 e. The third-order valence-corrected chi connectivity index (χ3v) is 2.15. The average molecular weight is 168 g/mol. The largest absolute Gasteiger partial charge is 0.457 e. The van der Waals surface area contributed by atoms with Crippen LogP contribution < -0.4 is 9.47 Å². The van der Waals surface area contributed by atoms with Gasteiger partial charge in [-0.1, -0.05) is 0 Å². The molecule has 1 aliphatic rings. The number of carbonyl (C=O) groups excluding carboxylic acids is 1. The van der Waals surface area contributed by atoms with Crippen molar-refractivity contribution in [3.05, 3.63) is 22.8 Å². The number of ether oxygens (including phenoxy) is 2. The number of aldehydes is 1. The lowest BCUT2D eigenvalue weighted by molar-refractivity contribution is 0.112. The van der Waals surface area contributed by atoms with Gasteiger partial charge >= 0.3 is 0 Å². The molecule has 0 aliphatic carbocycles. The van der Waals surface area contributed by atoms with Gasteiger partial charge < -0.3 is 9.47 Å². The maximum absolute atomic E-state index is 10.4. The minimum Gasteiger partial charge on any atom is -0.457 e. The molecule has 56 valence electrons. The van der Waals surface area contributed by atoms with Gasteiger partial charge in [-0.3, -0.25) is 4.79 Å². The summed E-state index contributed by atoms with van der Waals surface area (Å²) in [5.74, 6) is 1.13. The van der Waals surface area contributed by atoms with E-state index in [4.69, 9.17) is 9.47 Å². The standard InChI is InChI=1S/C7H4O3S/c8-3-6-7-5(4-11-6)9-1-2-10-7/h1-4H. The van der Waals surface area contributed by atoms with Gasteiger partial charge in [0.1, 0.15) is 17.4 Å². The lowest BCUT2D eigenvalue weighted by Crippen LogP contribution is -1.94. The van der Waals surface area contributed by atoms with Crippen molar-refractivity contribution < 1.29 is 14.3 Å². The third kappa shape index (κ3) is 0.914. The molecule has 1 aromatic heterocycles. The van der Waals surface area contributed by atoms with Crippen LogP contribution in [0, 0.1) is 0 Å². The fourth-order valence-corrected chi connectivity index (χ4v) is 1.53. The topological polar surface area (TPSA) is 35.5 Å². The quantitative estimate of drug-likeness (QED) is 0.600. The second kappa shape index (κ2) is 2.39. The maximum Gasteiger partial charge on any atom is 0.190 e. The lowest BCUT2D eigenvalue weighted by Gasteiger charge is -2.06. The summed E-state index contributed by atoms with van der Waals surface area (Å²) in [6.45, 7) is 0. The molecule has 0 unspecified atom stereocenters. The van der Waals surface area contributed by atoms with Gasteiger partial charge in [-0.05, 0) is 0 Å². The van der Waals surface area contributed by atoms with Gasteiger partial charge in [-0.15, -0.1) is 11.3 Å². The van der Waals surface area contributed by atoms with Crippen LogP contribution in [-0.2, 0) is 0 Å². The minimum atomic E-state index is 0.521. The Bertz CT molecular complexity index is 313. The SMILES string of the molecule is O=Cc1scc2c1OC=CO2. The zero-order valence-corrected chi connectivity index (χ0v) is 6.26. The number of hydrogen-bond acceptors (Lipinski definition) is 4. The molecule has 3 nitrogen and oxygen atoms in total. The molecule has 4 heteroatoms. The van der Waals surface area contributed by atoms with E-state index in [0.717, 1.165) is 6.29 Å². The second-order valence-corrected chi connectivity index (χ2v) is 2.83. The van der Waals surface area contributed by atoms with Gasteiger partial charge in [0.2, 0.25) is 0 Å². The molecule has 0 bridgehead atoms. The molecule has 11 heavy (non-hydrogen) atoms. The van der Waals surface area contributed by atoms with E-state index in [2.05, 4.69) is 0 Å². The third-order valence-electron chi connectivity index (χ3n) is 1.28. The van der Waals surface area contributed by atoms with Gasteiger partial charge in [0.15, 0.2) is 17.8 Å². The van der Waals surface area contributed by atoms with E-state index in [-0.39, 0.29) is 0 Å². The summed E-state index contributed by atoms with van der Waals surface area (Å²) in [6.07, 6.45) is 3.59. The van der Waals surface area contributed by atoms with Crippen LogP contribution in [0.5, 0.6) is 11.5 Å². The highest BCUT2D eigenvalue weighted by molar-refractivity contribution is 7.12. The summed E-state index contributed by atoms with van der Waals surface area (Å²) in [6, 6.07) is 0. The van der Waals surface area contributed by atoms with Gasteiger partial charge in [0.05, 0.1) is 0 Å². The molecular weight excluding hydrogens is 164 g/mol. The number of rotatable bonds is 1. The van der Waals surface area contributed by atoms with Crippen LogP contribution in [0.3, 0.4) is 0 Å². The van der Waals surface area contributed by atoms with Gasteiger partial charge in [0, 0.05) is 5.38 Å². The van der Waals surface area contributed by atoms with Crippen molar-refractivity contribution in [3.8, 4) is 11.5 Å². The fraction of sp³-hybridized carbons (Fsp3) is 0. The fourth-order valence-electron chi connectivity index (χ4n) is 0.821. The molecule has 0 amide bonds. The predicted octanol–water partition coefficient (Wildman–Crippen LogP) is 1.80. The van der Waals surface area contributed by atoms with Crippen molar-refractivity contribution in [2.24, 2.45) is 0 Å². The van der Waals surface area contributed by atoms with Crippen molar-refractivity contribution in [3.63, 3.8) is 0 Å². The highest BCUT2D eigenvalue weighted by atomic mass is 32.1. The first-order chi connectivity index (χ1) is 5.42. The molecule has 0 aromatic carbocycles. The van der Waals surface area contributed by atoms with E-state index in [9.17, 15) is 4.79 Å². The van der Waals surface area contributed by atoms with E-state index in [1.807, 2.05) is 0 Å². The molecule has 1 aromatic rings. The summed E-state index contributed by atoms with van der Waals surface area (Å²) in [7, 11) is 0. The first kappa shape index (κ1) is 6.42. The summed E-state index contributed by atoms with van der Waals surface area (Å²) in [5, 5.41) is 1.74. The summed E-state index contributed by atoms with van der Waals surface area (Å²) in [5.41, 5.74) is 0. The Morgan fingerprint density at radius 3 is 3.00 bits per heavy atom. The lowest BCUT2D eigenvalue weighted by atomic mass is 10.4. The molecule has 1 aliphatic heterocycles. The summed E-state index contributed by atoms with van der Waals surface area (Å²) >= 11 is 1.31. The first-order valence-corrected chi connectivity index (χ1v) is 3.85. The number of hydrogen-bond donors (Lipinski definition) is 0. The van der Waals surface area contributed by atoms with Crippen LogP contribution in [-0.4, -0.2) is 6.29 Å². The normalized spacial score (nSPS) is 13.1. The van der Waals surface area contributed by atoms with E-state index in [1.165, 1.54) is 23.9 Å². The van der Waals surface area contributed by atoms with Crippen LogP contribution >= 0.6 is 11.3 Å². The Balaban J connectivity index is 2.50. The van der Waals surface area contributed by atoms with Crippen molar-refractivity contribution in [2.45, 2.75) is 0 Å². The van der Waals surface area contributed by atoms with Crippen molar-refractivity contribution in [2.75, 3.05) is 0 Å². The van der Waals surface area contributed by atoms with E-state index < -0.39 is 0 Å². The molecule has 2 rings (SSSR count). The molecule has 0 atom stereocenters. The van der Waals surface area contributed by atoms with Gasteiger partial charge in [0.25, 0.3) is 0 Å². The molecule has 0 spiro atoms. The average Bonchev–Trinajstić information content (AvgIpc) is 2.47. The minimum absolute atomic E-state index is 0.521. The van der Waals surface area contributed by atoms with Crippen LogP contribution in [0.2, 0.25) is 0 Å². The molecule has 0 N–H and O–H groups in total. The highest BCUT2D eigenvalue weighted by Gasteiger charge is 2.15. The number of fused-ring (bicyclic) bond motifs is 1. The van der Waals surface area contributed by atoms with Gasteiger partial charge in [-0.25, -0.2) is 0 Å². The zero-order valence-electron chi connectivity index (χ0n) is 5.44. The van der Waals surface area contributed by atoms with Crippen molar-refractivity contribution >= 4 is 17.6 Å². The molecular formula is C7H4O3S.